The Hall–Kier alpha value is -2.17. The molecule has 0 saturated heterocycles. The largest absolute Gasteiger partial charge is 0.320 e. The lowest BCUT2D eigenvalue weighted by molar-refractivity contribution is -0.125. The van der Waals surface area contributed by atoms with Crippen LogP contribution in [0.2, 0.25) is 0 Å². The molecule has 4 heteroatoms. The summed E-state index contributed by atoms with van der Waals surface area (Å²) in [5.41, 5.74) is 9.29. The van der Waals surface area contributed by atoms with Gasteiger partial charge in [0, 0.05) is 0 Å². The quantitative estimate of drug-likeness (QED) is 0.817. The summed E-state index contributed by atoms with van der Waals surface area (Å²) in [5.74, 6) is -0.446. The molecule has 1 heterocycles. The number of anilines is 1. The van der Waals surface area contributed by atoms with Gasteiger partial charge >= 0.3 is 0 Å². The van der Waals surface area contributed by atoms with E-state index in [9.17, 15) is 10.0 Å². The van der Waals surface area contributed by atoms with Crippen molar-refractivity contribution in [2.75, 3.05) is 5.06 Å². The molecule has 3 N–H and O–H groups in total. The molecule has 1 atom stereocenters. The van der Waals surface area contributed by atoms with Crippen LogP contribution in [0.1, 0.15) is 16.7 Å². The third-order valence-electron chi connectivity index (χ3n) is 3.62. The van der Waals surface area contributed by atoms with E-state index in [1.165, 1.54) is 0 Å². The summed E-state index contributed by atoms with van der Waals surface area (Å²) in [5, 5.41) is 10.8. The Morgan fingerprint density at radius 2 is 1.90 bits per heavy atom. The molecule has 1 unspecified atom stereocenters. The van der Waals surface area contributed by atoms with E-state index in [1.807, 2.05) is 48.5 Å². The van der Waals surface area contributed by atoms with Crippen LogP contribution < -0.4 is 10.8 Å². The minimum atomic E-state index is -0.667. The van der Waals surface area contributed by atoms with Gasteiger partial charge in [0.25, 0.3) is 5.91 Å². The smallest absolute Gasteiger partial charge is 0.267 e. The highest BCUT2D eigenvalue weighted by molar-refractivity contribution is 5.98. The Labute approximate surface area is 117 Å². The van der Waals surface area contributed by atoms with E-state index in [4.69, 9.17) is 5.73 Å². The first kappa shape index (κ1) is 12.8. The van der Waals surface area contributed by atoms with Crippen LogP contribution in [-0.4, -0.2) is 17.2 Å². The number of hydrogen-bond acceptors (Lipinski definition) is 3. The van der Waals surface area contributed by atoms with E-state index in [0.29, 0.717) is 23.6 Å². The van der Waals surface area contributed by atoms with Crippen LogP contribution >= 0.6 is 0 Å². The monoisotopic (exact) mass is 268 g/mol. The zero-order chi connectivity index (χ0) is 14.1. The predicted molar refractivity (Wildman–Crippen MR) is 76.6 cm³/mol. The molecule has 0 fully saturated rings. The predicted octanol–water partition coefficient (Wildman–Crippen LogP) is 1.88. The molecule has 102 valence electrons. The van der Waals surface area contributed by atoms with E-state index in [2.05, 4.69) is 0 Å². The molecule has 0 aromatic heterocycles. The summed E-state index contributed by atoms with van der Waals surface area (Å²) in [6, 6.07) is 15.1. The number of benzene rings is 2. The van der Waals surface area contributed by atoms with E-state index in [0.717, 1.165) is 16.7 Å². The summed E-state index contributed by atoms with van der Waals surface area (Å²) < 4.78 is 0. The summed E-state index contributed by atoms with van der Waals surface area (Å²) in [7, 11) is 0. The minimum Gasteiger partial charge on any atom is -0.320 e. The lowest BCUT2D eigenvalue weighted by atomic mass is 9.93. The van der Waals surface area contributed by atoms with Crippen LogP contribution in [0, 0.1) is 0 Å². The molecule has 0 saturated carbocycles. The second kappa shape index (κ2) is 5.07. The van der Waals surface area contributed by atoms with Gasteiger partial charge in [-0.05, 0) is 29.5 Å². The minimum absolute atomic E-state index is 0.446. The molecule has 2 aromatic rings. The van der Waals surface area contributed by atoms with Gasteiger partial charge < -0.3 is 5.73 Å². The van der Waals surface area contributed by atoms with Crippen LogP contribution in [0.25, 0.3) is 0 Å². The van der Waals surface area contributed by atoms with Crippen molar-refractivity contribution < 1.29 is 10.0 Å². The number of carbonyl (C=O) groups is 1. The topological polar surface area (TPSA) is 66.6 Å². The first-order valence-corrected chi connectivity index (χ1v) is 6.60. The van der Waals surface area contributed by atoms with Crippen LogP contribution in [0.4, 0.5) is 5.69 Å². The molecule has 2 aromatic carbocycles. The first-order chi connectivity index (χ1) is 9.66. The Bertz CT molecular complexity index is 640. The van der Waals surface area contributed by atoms with Crippen molar-refractivity contribution in [3.63, 3.8) is 0 Å². The van der Waals surface area contributed by atoms with Crippen molar-refractivity contribution in [1.82, 2.24) is 0 Å². The van der Waals surface area contributed by atoms with E-state index in [-0.39, 0.29) is 0 Å². The maximum atomic E-state index is 11.8. The maximum absolute atomic E-state index is 11.8. The van der Waals surface area contributed by atoms with Crippen molar-refractivity contribution in [3.05, 3.63) is 65.2 Å². The Morgan fingerprint density at radius 1 is 1.15 bits per heavy atom. The number of fused-ring (bicyclic) bond motifs is 1. The normalized spacial score (nSPS) is 18.0. The van der Waals surface area contributed by atoms with Gasteiger partial charge in [-0.25, -0.2) is 0 Å². The SMILES string of the molecule is NC1Cc2cccc(Cc3ccccc3)c2N(O)C1=O. The molecule has 4 nitrogen and oxygen atoms in total. The fraction of sp³-hybridized carbons (Fsp3) is 0.188. The van der Waals surface area contributed by atoms with Gasteiger partial charge in [-0.3, -0.25) is 10.0 Å². The molecular weight excluding hydrogens is 252 g/mol. The summed E-state index contributed by atoms with van der Waals surface area (Å²) in [6.07, 6.45) is 1.14. The fourth-order valence-corrected chi connectivity index (χ4v) is 2.63. The Morgan fingerprint density at radius 3 is 2.65 bits per heavy atom. The van der Waals surface area contributed by atoms with Crippen LogP contribution in [0.5, 0.6) is 0 Å². The lowest BCUT2D eigenvalue weighted by Gasteiger charge is -2.29. The molecule has 0 aliphatic carbocycles. The lowest BCUT2D eigenvalue weighted by Crippen LogP contribution is -2.47. The molecule has 1 aliphatic rings. The maximum Gasteiger partial charge on any atom is 0.267 e. The molecule has 3 rings (SSSR count). The van der Waals surface area contributed by atoms with Crippen LogP contribution in [0.3, 0.4) is 0 Å². The molecule has 20 heavy (non-hydrogen) atoms. The van der Waals surface area contributed by atoms with Gasteiger partial charge in [0.15, 0.2) is 0 Å². The average Bonchev–Trinajstić information content (AvgIpc) is 2.46. The van der Waals surface area contributed by atoms with Crippen LogP contribution in [0.15, 0.2) is 48.5 Å². The molecule has 1 amide bonds. The highest BCUT2D eigenvalue weighted by Crippen LogP contribution is 2.31. The number of hydroxylamine groups is 1. The van der Waals surface area contributed by atoms with Crippen molar-refractivity contribution in [3.8, 4) is 0 Å². The third-order valence-corrected chi connectivity index (χ3v) is 3.62. The van der Waals surface area contributed by atoms with Crippen molar-refractivity contribution in [2.45, 2.75) is 18.9 Å². The van der Waals surface area contributed by atoms with Crippen LogP contribution in [-0.2, 0) is 17.6 Å². The standard InChI is InChI=1S/C16H16N2O2/c17-14-10-13-8-4-7-12(15(13)18(20)16(14)19)9-11-5-2-1-3-6-11/h1-8,14,20H,9-10,17H2. The summed E-state index contributed by atoms with van der Waals surface area (Å²) in [4.78, 5) is 11.8. The molecule has 0 spiro atoms. The highest BCUT2D eigenvalue weighted by Gasteiger charge is 2.31. The number of nitrogens with zero attached hydrogens (tertiary/aromatic N) is 1. The zero-order valence-corrected chi connectivity index (χ0v) is 11.0. The third kappa shape index (κ3) is 2.19. The van der Waals surface area contributed by atoms with E-state index in [1.54, 1.807) is 0 Å². The Balaban J connectivity index is 2.02. The van der Waals surface area contributed by atoms with Crippen molar-refractivity contribution in [2.24, 2.45) is 5.73 Å². The summed E-state index contributed by atoms with van der Waals surface area (Å²) >= 11 is 0. The number of rotatable bonds is 2. The van der Waals surface area contributed by atoms with Gasteiger partial charge in [0.1, 0.15) is 0 Å². The molecule has 0 radical (unpaired) electrons. The number of hydrogen-bond donors (Lipinski definition) is 2. The molecule has 0 bridgehead atoms. The van der Waals surface area contributed by atoms with Crippen molar-refractivity contribution >= 4 is 11.6 Å². The fourth-order valence-electron chi connectivity index (χ4n) is 2.63. The van der Waals surface area contributed by atoms with Gasteiger partial charge in [0.2, 0.25) is 0 Å². The molecular formula is C16H16N2O2. The number of carbonyl (C=O) groups excluding carboxylic acids is 1. The zero-order valence-electron chi connectivity index (χ0n) is 11.0. The highest BCUT2D eigenvalue weighted by atomic mass is 16.5. The van der Waals surface area contributed by atoms with Gasteiger partial charge in [0.05, 0.1) is 11.7 Å². The second-order valence-corrected chi connectivity index (χ2v) is 5.05. The average molecular weight is 268 g/mol. The number of nitrogens with two attached hydrogens (primary N) is 1. The molecule has 1 aliphatic heterocycles. The second-order valence-electron chi connectivity index (χ2n) is 5.05. The van der Waals surface area contributed by atoms with E-state index >= 15 is 0 Å². The number of para-hydroxylation sites is 1. The first-order valence-electron chi connectivity index (χ1n) is 6.60. The van der Waals surface area contributed by atoms with Gasteiger partial charge in [-0.15, -0.1) is 0 Å². The van der Waals surface area contributed by atoms with Crippen molar-refractivity contribution in [1.29, 1.82) is 0 Å². The number of amides is 1. The van der Waals surface area contributed by atoms with Gasteiger partial charge in [-0.1, -0.05) is 48.5 Å². The Kier molecular flexibility index (Phi) is 3.26. The van der Waals surface area contributed by atoms with Gasteiger partial charge in [-0.2, -0.15) is 5.06 Å². The summed E-state index contributed by atoms with van der Waals surface area (Å²) in [6.45, 7) is 0. The van der Waals surface area contributed by atoms with E-state index < -0.39 is 11.9 Å².